The Hall–Kier alpha value is -3.67. The lowest BCUT2D eigenvalue weighted by atomic mass is 10.0. The summed E-state index contributed by atoms with van der Waals surface area (Å²) in [6, 6.07) is 0. The van der Waals surface area contributed by atoms with Gasteiger partial charge in [0.25, 0.3) is 0 Å². The van der Waals surface area contributed by atoms with E-state index in [1.807, 2.05) is 0 Å². The van der Waals surface area contributed by atoms with Gasteiger partial charge in [0.15, 0.2) is 6.10 Å². The van der Waals surface area contributed by atoms with Crippen LogP contribution in [0.25, 0.3) is 0 Å². The van der Waals surface area contributed by atoms with Crippen LogP contribution in [0.3, 0.4) is 0 Å². The molecule has 0 rings (SSSR count). The van der Waals surface area contributed by atoms with Crippen molar-refractivity contribution in [3.63, 3.8) is 0 Å². The Labute approximate surface area is 413 Å². The minimum absolute atomic E-state index is 0.115. The van der Waals surface area contributed by atoms with Gasteiger partial charge in [-0.1, -0.05) is 234 Å². The lowest BCUT2D eigenvalue weighted by Gasteiger charge is -2.18. The van der Waals surface area contributed by atoms with Crippen molar-refractivity contribution in [3.05, 3.63) is 97.2 Å². The predicted octanol–water partition coefficient (Wildman–Crippen LogP) is 18.5. The first-order valence-electron chi connectivity index (χ1n) is 27.7. The third-order valence-corrected chi connectivity index (χ3v) is 11.6. The largest absolute Gasteiger partial charge is 0.462 e. The summed E-state index contributed by atoms with van der Waals surface area (Å²) >= 11 is 0. The first-order valence-corrected chi connectivity index (χ1v) is 27.7. The Bertz CT molecular complexity index is 1350. The van der Waals surface area contributed by atoms with Crippen molar-refractivity contribution in [1.82, 2.24) is 0 Å². The summed E-state index contributed by atoms with van der Waals surface area (Å²) in [5.74, 6) is -1.03. The van der Waals surface area contributed by atoms with Crippen molar-refractivity contribution in [2.45, 2.75) is 258 Å². The van der Waals surface area contributed by atoms with E-state index in [0.29, 0.717) is 19.3 Å². The molecule has 0 aromatic carbocycles. The number of carbonyl (C=O) groups is 3. The molecule has 6 heteroatoms. The quantitative estimate of drug-likeness (QED) is 0.0262. The summed E-state index contributed by atoms with van der Waals surface area (Å²) < 4.78 is 16.7. The summed E-state index contributed by atoms with van der Waals surface area (Å²) in [5, 5.41) is 0. The molecule has 0 amide bonds. The van der Waals surface area contributed by atoms with Crippen LogP contribution in [-0.4, -0.2) is 37.2 Å². The van der Waals surface area contributed by atoms with Gasteiger partial charge < -0.3 is 14.2 Å². The van der Waals surface area contributed by atoms with Crippen LogP contribution in [0.1, 0.15) is 252 Å². The van der Waals surface area contributed by atoms with Crippen LogP contribution < -0.4 is 0 Å². The maximum atomic E-state index is 12.8. The molecule has 6 nitrogen and oxygen atoms in total. The summed E-state index contributed by atoms with van der Waals surface area (Å²) in [7, 11) is 0. The second kappa shape index (κ2) is 54.9. The number of carbonyl (C=O) groups excluding carboxylic acids is 3. The highest BCUT2D eigenvalue weighted by atomic mass is 16.6. The van der Waals surface area contributed by atoms with Crippen molar-refractivity contribution >= 4 is 17.9 Å². The SMILES string of the molecule is CCCCC/C=C\C/C=C\C/C=C\C/C=C\CCCC(=O)OC[C@@H](COC(=O)CCCCCCCCCCCCCCCCC)OC(=O)CCC/C=C\C/C=C\C/C=C\C/C=C\CCCCC. The molecule has 1 atom stereocenters. The molecule has 0 heterocycles. The maximum Gasteiger partial charge on any atom is 0.306 e. The molecule has 0 aliphatic heterocycles. The van der Waals surface area contributed by atoms with Crippen molar-refractivity contribution in [1.29, 1.82) is 0 Å². The van der Waals surface area contributed by atoms with Gasteiger partial charge in [-0.05, 0) is 96.3 Å². The Balaban J connectivity index is 4.56. The average molecular weight is 931 g/mol. The van der Waals surface area contributed by atoms with Gasteiger partial charge in [0.05, 0.1) is 0 Å². The first kappa shape index (κ1) is 63.3. The van der Waals surface area contributed by atoms with E-state index in [-0.39, 0.29) is 44.0 Å². The topological polar surface area (TPSA) is 78.9 Å². The fraction of sp³-hybridized carbons (Fsp3) is 0.689. The molecule has 0 radical (unpaired) electrons. The third-order valence-electron chi connectivity index (χ3n) is 11.6. The van der Waals surface area contributed by atoms with Gasteiger partial charge in [-0.15, -0.1) is 0 Å². The molecule has 0 spiro atoms. The number of ether oxygens (including phenoxy) is 3. The van der Waals surface area contributed by atoms with Gasteiger partial charge in [-0.3, -0.25) is 14.4 Å². The Morgan fingerprint density at radius 2 is 0.552 bits per heavy atom. The van der Waals surface area contributed by atoms with Gasteiger partial charge in [-0.25, -0.2) is 0 Å². The molecule has 0 bridgehead atoms. The second-order valence-electron chi connectivity index (χ2n) is 18.1. The minimum atomic E-state index is -0.827. The number of hydrogen-bond acceptors (Lipinski definition) is 6. The average Bonchev–Trinajstić information content (AvgIpc) is 3.33. The molecule has 0 saturated carbocycles. The first-order chi connectivity index (χ1) is 33.0. The molecular formula is C61H102O6. The van der Waals surface area contributed by atoms with Crippen molar-refractivity contribution < 1.29 is 28.6 Å². The molecule has 382 valence electrons. The Kier molecular flexibility index (Phi) is 51.9. The number of allylic oxidation sites excluding steroid dienone is 16. The normalized spacial score (nSPS) is 12.8. The molecule has 0 aromatic heterocycles. The zero-order valence-electron chi connectivity index (χ0n) is 43.6. The molecule has 0 aliphatic carbocycles. The van der Waals surface area contributed by atoms with E-state index < -0.39 is 6.10 Å². The monoisotopic (exact) mass is 931 g/mol. The van der Waals surface area contributed by atoms with Crippen LogP contribution in [0, 0.1) is 0 Å². The van der Waals surface area contributed by atoms with E-state index in [2.05, 4.69) is 118 Å². The van der Waals surface area contributed by atoms with E-state index in [0.717, 1.165) is 70.6 Å². The fourth-order valence-corrected chi connectivity index (χ4v) is 7.37. The van der Waals surface area contributed by atoms with Crippen LogP contribution >= 0.6 is 0 Å². The molecular weight excluding hydrogens is 829 g/mol. The van der Waals surface area contributed by atoms with E-state index in [4.69, 9.17) is 14.2 Å². The fourth-order valence-electron chi connectivity index (χ4n) is 7.37. The smallest absolute Gasteiger partial charge is 0.306 e. The summed E-state index contributed by atoms with van der Waals surface area (Å²) in [6.07, 6.45) is 72.6. The number of esters is 3. The van der Waals surface area contributed by atoms with Gasteiger partial charge in [-0.2, -0.15) is 0 Å². The number of rotatable bonds is 49. The van der Waals surface area contributed by atoms with Crippen LogP contribution in [0.5, 0.6) is 0 Å². The highest BCUT2D eigenvalue weighted by molar-refractivity contribution is 5.71. The van der Waals surface area contributed by atoms with E-state index >= 15 is 0 Å². The highest BCUT2D eigenvalue weighted by Gasteiger charge is 2.19. The van der Waals surface area contributed by atoms with Crippen molar-refractivity contribution in [2.75, 3.05) is 13.2 Å². The highest BCUT2D eigenvalue weighted by Crippen LogP contribution is 2.15. The molecule has 0 fully saturated rings. The van der Waals surface area contributed by atoms with Crippen LogP contribution in [0.2, 0.25) is 0 Å². The van der Waals surface area contributed by atoms with Gasteiger partial charge in [0, 0.05) is 19.3 Å². The Morgan fingerprint density at radius 3 is 0.896 bits per heavy atom. The summed E-state index contributed by atoms with van der Waals surface area (Å²) in [4.78, 5) is 38.1. The van der Waals surface area contributed by atoms with E-state index in [9.17, 15) is 14.4 Å². The molecule has 67 heavy (non-hydrogen) atoms. The number of hydrogen-bond donors (Lipinski definition) is 0. The zero-order chi connectivity index (χ0) is 48.6. The molecule has 0 N–H and O–H groups in total. The zero-order valence-corrected chi connectivity index (χ0v) is 43.6. The number of unbranched alkanes of at least 4 members (excludes halogenated alkanes) is 22. The second-order valence-corrected chi connectivity index (χ2v) is 18.1. The van der Waals surface area contributed by atoms with Crippen molar-refractivity contribution in [3.8, 4) is 0 Å². The maximum absolute atomic E-state index is 12.8. The van der Waals surface area contributed by atoms with Crippen LogP contribution in [-0.2, 0) is 28.6 Å². The minimum Gasteiger partial charge on any atom is -0.462 e. The lowest BCUT2D eigenvalue weighted by Crippen LogP contribution is -2.30. The van der Waals surface area contributed by atoms with Gasteiger partial charge in [0.1, 0.15) is 13.2 Å². The summed E-state index contributed by atoms with van der Waals surface area (Å²) in [6.45, 7) is 6.49. The Morgan fingerprint density at radius 1 is 0.299 bits per heavy atom. The van der Waals surface area contributed by atoms with Gasteiger partial charge >= 0.3 is 17.9 Å². The van der Waals surface area contributed by atoms with Crippen molar-refractivity contribution in [2.24, 2.45) is 0 Å². The van der Waals surface area contributed by atoms with Crippen LogP contribution in [0.15, 0.2) is 97.2 Å². The molecule has 0 aliphatic rings. The van der Waals surface area contributed by atoms with E-state index in [1.54, 1.807) is 0 Å². The van der Waals surface area contributed by atoms with Crippen LogP contribution in [0.4, 0.5) is 0 Å². The molecule has 0 unspecified atom stereocenters. The summed E-state index contributed by atoms with van der Waals surface area (Å²) in [5.41, 5.74) is 0. The standard InChI is InChI=1S/C61H102O6/c1-4-7-10-13-16-19-22-25-28-30-33-36-39-42-45-48-51-54-60(63)66-57-58(56-65-59(62)53-50-47-44-41-38-35-32-27-24-21-18-15-12-9-6-3)67-61(64)55-52-49-46-43-40-37-34-31-29-26-23-20-17-14-11-8-5-2/h16-17,19-20,25-26,28-29,33-34,36-37,42-43,45-46,58H,4-15,18,21-24,27,30-32,35,38-41,44,47-57H2,1-3H3/b19-16-,20-17-,28-25-,29-26-,36-33-,37-34-,45-42-,46-43-/t58-/m1/s1. The lowest BCUT2D eigenvalue weighted by molar-refractivity contribution is -0.167. The third kappa shape index (κ3) is 53.2. The van der Waals surface area contributed by atoms with Gasteiger partial charge in [0.2, 0.25) is 0 Å². The molecule has 0 saturated heterocycles. The predicted molar refractivity (Wildman–Crippen MR) is 288 cm³/mol. The van der Waals surface area contributed by atoms with E-state index in [1.165, 1.54) is 128 Å². The molecule has 0 aromatic rings.